The maximum absolute atomic E-state index is 11.1. The van der Waals surface area contributed by atoms with Crippen molar-refractivity contribution in [3.05, 3.63) is 59.7 Å². The van der Waals surface area contributed by atoms with Gasteiger partial charge in [0.15, 0.2) is 0 Å². The molecule has 2 aromatic rings. The van der Waals surface area contributed by atoms with Crippen LogP contribution in [0.4, 0.5) is 10.5 Å². The minimum atomic E-state index is -0.570. The summed E-state index contributed by atoms with van der Waals surface area (Å²) in [5, 5.41) is 6.00. The van der Waals surface area contributed by atoms with Gasteiger partial charge in [0.1, 0.15) is 5.75 Å². The number of carbonyl (C=O) groups is 1. The van der Waals surface area contributed by atoms with Crippen molar-refractivity contribution in [1.82, 2.24) is 5.32 Å². The average Bonchev–Trinajstić information content (AvgIpc) is 2.56. The minimum absolute atomic E-state index is 0. The number of primary amides is 1. The van der Waals surface area contributed by atoms with Gasteiger partial charge in [0, 0.05) is 23.7 Å². The number of benzene rings is 2. The van der Waals surface area contributed by atoms with Crippen LogP contribution in [0, 0.1) is 0 Å². The van der Waals surface area contributed by atoms with Crippen LogP contribution in [0.25, 0.3) is 0 Å². The second-order valence-electron chi connectivity index (χ2n) is 6.28. The molecule has 2 amide bonds. The molecule has 0 saturated heterocycles. The molecule has 0 heterocycles. The Bertz CT molecular complexity index is 678. The van der Waals surface area contributed by atoms with E-state index in [-0.39, 0.29) is 12.4 Å². The highest BCUT2D eigenvalue weighted by Gasteiger charge is 2.08. The van der Waals surface area contributed by atoms with Gasteiger partial charge in [-0.1, -0.05) is 44.2 Å². The van der Waals surface area contributed by atoms with E-state index in [1.807, 2.05) is 30.3 Å². The molecule has 0 aromatic heterocycles. The Morgan fingerprint density at radius 1 is 1.15 bits per heavy atom. The summed E-state index contributed by atoms with van der Waals surface area (Å²) >= 11 is 0. The van der Waals surface area contributed by atoms with Gasteiger partial charge < -0.3 is 21.1 Å². The van der Waals surface area contributed by atoms with Crippen LogP contribution >= 0.6 is 12.4 Å². The van der Waals surface area contributed by atoms with Gasteiger partial charge in [-0.15, -0.1) is 12.4 Å². The molecule has 0 fully saturated rings. The number of urea groups is 1. The number of halogens is 1. The van der Waals surface area contributed by atoms with Crippen molar-refractivity contribution in [2.45, 2.75) is 32.7 Å². The van der Waals surface area contributed by atoms with E-state index in [1.54, 1.807) is 6.07 Å². The molecule has 142 valence electrons. The van der Waals surface area contributed by atoms with Crippen LogP contribution in [0.15, 0.2) is 48.5 Å². The molecule has 0 spiro atoms. The summed E-state index contributed by atoms with van der Waals surface area (Å²) in [6.07, 6.45) is 1.67. The molecule has 0 bridgehead atoms. The number of anilines is 1. The number of carbonyl (C=O) groups excluding carboxylic acids is 1. The summed E-state index contributed by atoms with van der Waals surface area (Å²) < 4.78 is 5.97. The molecular weight excluding hydrogens is 350 g/mol. The third-order valence-corrected chi connectivity index (χ3v) is 3.70. The van der Waals surface area contributed by atoms with Crippen molar-refractivity contribution in [2.75, 3.05) is 18.5 Å². The van der Waals surface area contributed by atoms with Gasteiger partial charge in [-0.3, -0.25) is 0 Å². The molecule has 5 nitrogen and oxygen atoms in total. The zero-order valence-corrected chi connectivity index (χ0v) is 16.1. The minimum Gasteiger partial charge on any atom is -0.493 e. The summed E-state index contributed by atoms with van der Waals surface area (Å²) in [7, 11) is 0. The lowest BCUT2D eigenvalue weighted by Gasteiger charge is -2.14. The van der Waals surface area contributed by atoms with Gasteiger partial charge in [0.25, 0.3) is 0 Å². The second-order valence-corrected chi connectivity index (χ2v) is 6.28. The van der Waals surface area contributed by atoms with Crippen LogP contribution in [-0.2, 0) is 6.42 Å². The Morgan fingerprint density at radius 2 is 1.88 bits per heavy atom. The summed E-state index contributed by atoms with van der Waals surface area (Å²) in [5.74, 6) is 0.837. The fraction of sp³-hybridized carbons (Fsp3) is 0.350. The topological polar surface area (TPSA) is 76.4 Å². The van der Waals surface area contributed by atoms with Crippen LogP contribution < -0.4 is 21.1 Å². The number of ether oxygens (including phenoxy) is 1. The first-order valence-electron chi connectivity index (χ1n) is 8.64. The Hall–Kier alpha value is -2.24. The molecule has 0 aliphatic heterocycles. The first-order valence-corrected chi connectivity index (χ1v) is 8.64. The van der Waals surface area contributed by atoms with Crippen LogP contribution in [-0.4, -0.2) is 25.2 Å². The molecule has 6 heteroatoms. The SMILES string of the molecule is CC(C)NCCCOc1ccc(NC(N)=O)cc1Cc1ccccc1.Cl. The number of nitrogens with two attached hydrogens (primary N) is 1. The highest BCUT2D eigenvalue weighted by Crippen LogP contribution is 2.25. The molecule has 0 unspecified atom stereocenters. The standard InChI is InChI=1S/C20H27N3O2.ClH/c1-15(2)22-11-6-12-25-19-10-9-18(23-20(21)24)14-17(19)13-16-7-4-3-5-8-16;/h3-5,7-10,14-15,22H,6,11-13H2,1-2H3,(H3,21,23,24);1H. The maximum atomic E-state index is 11.1. The molecule has 0 atom stereocenters. The zero-order chi connectivity index (χ0) is 18.1. The van der Waals surface area contributed by atoms with Crippen LogP contribution in [0.2, 0.25) is 0 Å². The molecule has 4 N–H and O–H groups in total. The van der Waals surface area contributed by atoms with E-state index in [0.29, 0.717) is 18.3 Å². The van der Waals surface area contributed by atoms with Gasteiger partial charge >= 0.3 is 6.03 Å². The Balaban J connectivity index is 0.00000338. The van der Waals surface area contributed by atoms with Gasteiger partial charge in [0.2, 0.25) is 0 Å². The number of rotatable bonds is 9. The number of nitrogens with one attached hydrogen (secondary N) is 2. The first kappa shape index (κ1) is 21.8. The Morgan fingerprint density at radius 3 is 2.54 bits per heavy atom. The molecule has 2 aromatic carbocycles. The van der Waals surface area contributed by atoms with Gasteiger partial charge in [-0.25, -0.2) is 4.79 Å². The van der Waals surface area contributed by atoms with E-state index in [4.69, 9.17) is 10.5 Å². The zero-order valence-electron chi connectivity index (χ0n) is 15.3. The van der Waals surface area contributed by atoms with Crippen molar-refractivity contribution in [2.24, 2.45) is 5.73 Å². The average molecular weight is 378 g/mol. The molecule has 2 rings (SSSR count). The monoisotopic (exact) mass is 377 g/mol. The summed E-state index contributed by atoms with van der Waals surface area (Å²) in [5.41, 5.74) is 8.10. The molecule has 26 heavy (non-hydrogen) atoms. The van der Waals surface area contributed by atoms with Crippen molar-refractivity contribution in [3.63, 3.8) is 0 Å². The fourth-order valence-corrected chi connectivity index (χ4v) is 2.54. The van der Waals surface area contributed by atoms with Gasteiger partial charge in [0.05, 0.1) is 6.61 Å². The van der Waals surface area contributed by atoms with Gasteiger partial charge in [-0.2, -0.15) is 0 Å². The normalized spacial score (nSPS) is 10.3. The number of amides is 2. The van der Waals surface area contributed by atoms with E-state index in [2.05, 4.69) is 36.6 Å². The molecule has 0 saturated carbocycles. The summed E-state index contributed by atoms with van der Waals surface area (Å²) in [6.45, 7) is 5.82. The van der Waals surface area contributed by atoms with Crippen molar-refractivity contribution < 1.29 is 9.53 Å². The summed E-state index contributed by atoms with van der Waals surface area (Å²) in [4.78, 5) is 11.1. The van der Waals surface area contributed by atoms with Crippen LogP contribution in [0.1, 0.15) is 31.4 Å². The molecule has 0 aliphatic rings. The van der Waals surface area contributed by atoms with E-state index in [9.17, 15) is 4.79 Å². The largest absolute Gasteiger partial charge is 0.493 e. The van der Waals surface area contributed by atoms with E-state index >= 15 is 0 Å². The lowest BCUT2D eigenvalue weighted by molar-refractivity contribution is 0.259. The van der Waals surface area contributed by atoms with E-state index < -0.39 is 6.03 Å². The Kier molecular flexibility index (Phi) is 9.55. The predicted octanol–water partition coefficient (Wildman–Crippen LogP) is 3.96. The molecular formula is C20H28ClN3O2. The fourth-order valence-electron chi connectivity index (χ4n) is 2.54. The second kappa shape index (κ2) is 11.4. The highest BCUT2D eigenvalue weighted by molar-refractivity contribution is 5.88. The molecule has 0 aliphatic carbocycles. The van der Waals surface area contributed by atoms with Crippen molar-refractivity contribution in [3.8, 4) is 5.75 Å². The lowest BCUT2D eigenvalue weighted by Crippen LogP contribution is -2.24. The van der Waals surface area contributed by atoms with Crippen molar-refractivity contribution >= 4 is 24.1 Å². The maximum Gasteiger partial charge on any atom is 0.316 e. The summed E-state index contributed by atoms with van der Waals surface area (Å²) in [6, 6.07) is 15.7. The lowest BCUT2D eigenvalue weighted by atomic mass is 10.0. The molecule has 0 radical (unpaired) electrons. The van der Waals surface area contributed by atoms with Gasteiger partial charge in [-0.05, 0) is 36.7 Å². The predicted molar refractivity (Wildman–Crippen MR) is 109 cm³/mol. The first-order chi connectivity index (χ1) is 12.0. The smallest absolute Gasteiger partial charge is 0.316 e. The van der Waals surface area contributed by atoms with Crippen LogP contribution in [0.5, 0.6) is 5.75 Å². The quantitative estimate of drug-likeness (QED) is 0.579. The Labute approximate surface area is 161 Å². The van der Waals surface area contributed by atoms with Crippen LogP contribution in [0.3, 0.4) is 0 Å². The number of hydrogen-bond acceptors (Lipinski definition) is 3. The van der Waals surface area contributed by atoms with E-state index in [0.717, 1.165) is 30.7 Å². The number of hydrogen-bond donors (Lipinski definition) is 3. The third-order valence-electron chi connectivity index (χ3n) is 3.70. The highest BCUT2D eigenvalue weighted by atomic mass is 35.5. The van der Waals surface area contributed by atoms with Crippen molar-refractivity contribution in [1.29, 1.82) is 0 Å². The van der Waals surface area contributed by atoms with E-state index in [1.165, 1.54) is 5.56 Å². The third kappa shape index (κ3) is 7.76.